The Balaban J connectivity index is 1.71. The largest absolute Gasteiger partial charge is 0.361 e. The van der Waals surface area contributed by atoms with E-state index in [4.69, 9.17) is 0 Å². The van der Waals surface area contributed by atoms with E-state index in [2.05, 4.69) is 113 Å². The number of aromatic amines is 2. The van der Waals surface area contributed by atoms with E-state index < -0.39 is 0 Å². The topological polar surface area (TPSA) is 36.5 Å². The number of nitrogens with one attached hydrogen (secondary N) is 2. The third-order valence-corrected chi connectivity index (χ3v) is 6.34. The van der Waals surface area contributed by atoms with Gasteiger partial charge in [-0.2, -0.15) is 0 Å². The first kappa shape index (κ1) is 17.2. The number of para-hydroxylation sites is 3. The molecule has 3 heteroatoms. The summed E-state index contributed by atoms with van der Waals surface area (Å²) in [5.74, 6) is 0.134. The average Bonchev–Trinajstić information content (AvgIpc) is 3.51. The average molecular weight is 390 g/mol. The van der Waals surface area contributed by atoms with Crippen molar-refractivity contribution in [2.24, 2.45) is 0 Å². The van der Waals surface area contributed by atoms with Gasteiger partial charge in [-0.3, -0.25) is 0 Å². The zero-order chi connectivity index (χ0) is 20.1. The highest BCUT2D eigenvalue weighted by Crippen LogP contribution is 2.42. The van der Waals surface area contributed by atoms with Gasteiger partial charge >= 0.3 is 0 Å². The molecule has 0 aliphatic heterocycles. The summed E-state index contributed by atoms with van der Waals surface area (Å²) in [6, 6.07) is 25.9. The van der Waals surface area contributed by atoms with Crippen molar-refractivity contribution in [2.45, 2.75) is 19.4 Å². The number of aromatic nitrogens is 3. The first-order valence-corrected chi connectivity index (χ1v) is 10.5. The highest BCUT2D eigenvalue weighted by atomic mass is 14.9. The Hall–Kier alpha value is -3.72. The molecule has 3 nitrogen and oxygen atoms in total. The lowest BCUT2D eigenvalue weighted by molar-refractivity contribution is 0.790. The zero-order valence-corrected chi connectivity index (χ0v) is 16.9. The highest BCUT2D eigenvalue weighted by molar-refractivity contribution is 5.92. The quantitative estimate of drug-likeness (QED) is 0.332. The maximum Gasteiger partial charge on any atom is 0.0483 e. The van der Waals surface area contributed by atoms with Crippen LogP contribution >= 0.6 is 0 Å². The highest BCUT2D eigenvalue weighted by Gasteiger charge is 2.26. The van der Waals surface area contributed by atoms with Gasteiger partial charge in [0.1, 0.15) is 0 Å². The molecule has 3 aromatic heterocycles. The van der Waals surface area contributed by atoms with Gasteiger partial charge in [-0.15, -0.1) is 0 Å². The van der Waals surface area contributed by atoms with Crippen molar-refractivity contribution in [1.29, 1.82) is 0 Å². The third-order valence-electron chi connectivity index (χ3n) is 6.34. The van der Waals surface area contributed by atoms with Crippen LogP contribution in [0.1, 0.15) is 29.5 Å². The summed E-state index contributed by atoms with van der Waals surface area (Å²) < 4.78 is 2.36. The Kier molecular flexibility index (Phi) is 3.81. The van der Waals surface area contributed by atoms with E-state index in [1.54, 1.807) is 0 Å². The summed E-state index contributed by atoms with van der Waals surface area (Å²) in [6.45, 7) is 3.16. The molecule has 0 aliphatic carbocycles. The van der Waals surface area contributed by atoms with Crippen molar-refractivity contribution < 1.29 is 0 Å². The van der Waals surface area contributed by atoms with Crippen LogP contribution in [0.15, 0.2) is 91.4 Å². The van der Waals surface area contributed by atoms with Gasteiger partial charge in [0.2, 0.25) is 0 Å². The summed E-state index contributed by atoms with van der Waals surface area (Å²) in [4.78, 5) is 7.00. The first-order chi connectivity index (χ1) is 14.8. The van der Waals surface area contributed by atoms with Gasteiger partial charge in [0.25, 0.3) is 0 Å². The number of rotatable bonds is 4. The maximum absolute atomic E-state index is 3.50. The van der Waals surface area contributed by atoms with Crippen LogP contribution in [-0.4, -0.2) is 14.5 Å². The molecule has 0 unspecified atom stereocenters. The van der Waals surface area contributed by atoms with Gasteiger partial charge in [-0.1, -0.05) is 54.6 Å². The molecular weight excluding hydrogens is 366 g/mol. The number of aryl methyl sites for hydroxylation is 1. The number of nitrogens with zero attached hydrogens (tertiary/aromatic N) is 1. The number of benzene rings is 3. The van der Waals surface area contributed by atoms with E-state index in [0.717, 1.165) is 6.54 Å². The van der Waals surface area contributed by atoms with Gasteiger partial charge in [-0.25, -0.2) is 0 Å². The molecule has 6 aromatic rings. The molecule has 0 spiro atoms. The van der Waals surface area contributed by atoms with Crippen LogP contribution in [-0.2, 0) is 6.54 Å². The second-order valence-corrected chi connectivity index (χ2v) is 7.90. The number of fused-ring (bicyclic) bond motifs is 3. The zero-order valence-electron chi connectivity index (χ0n) is 16.9. The van der Waals surface area contributed by atoms with Crippen LogP contribution < -0.4 is 0 Å². The fourth-order valence-corrected chi connectivity index (χ4v) is 4.94. The molecule has 0 saturated heterocycles. The van der Waals surface area contributed by atoms with Gasteiger partial charge in [0, 0.05) is 63.8 Å². The molecule has 0 radical (unpaired) electrons. The molecule has 30 heavy (non-hydrogen) atoms. The lowest BCUT2D eigenvalue weighted by Crippen LogP contribution is -2.02. The monoisotopic (exact) mass is 389 g/mol. The molecular formula is C27H23N3. The van der Waals surface area contributed by atoms with E-state index in [0.29, 0.717) is 0 Å². The van der Waals surface area contributed by atoms with Crippen LogP contribution in [0, 0.1) is 0 Å². The van der Waals surface area contributed by atoms with E-state index in [9.17, 15) is 0 Å². The molecule has 6 rings (SSSR count). The molecule has 0 saturated carbocycles. The van der Waals surface area contributed by atoms with Crippen molar-refractivity contribution in [3.8, 4) is 0 Å². The van der Waals surface area contributed by atoms with Crippen LogP contribution in [0.25, 0.3) is 32.7 Å². The maximum atomic E-state index is 3.50. The van der Waals surface area contributed by atoms with E-state index in [-0.39, 0.29) is 5.92 Å². The Morgan fingerprint density at radius 2 is 1.20 bits per heavy atom. The molecule has 3 heterocycles. The minimum Gasteiger partial charge on any atom is -0.361 e. The fraction of sp³-hybridized carbons (Fsp3) is 0.111. The Labute approximate surface area is 175 Å². The third kappa shape index (κ3) is 2.45. The summed E-state index contributed by atoms with van der Waals surface area (Å²) in [6.07, 6.45) is 6.73. The smallest absolute Gasteiger partial charge is 0.0483 e. The first-order valence-electron chi connectivity index (χ1n) is 10.5. The molecule has 0 amide bonds. The summed E-state index contributed by atoms with van der Waals surface area (Å²) in [7, 11) is 0. The SMILES string of the molecule is CCn1cc(C(c2c[nH]c3ccccc23)c2c[nH]c3ccccc23)c2ccccc21. The minimum atomic E-state index is 0.134. The van der Waals surface area contributed by atoms with Gasteiger partial charge in [0.15, 0.2) is 0 Å². The fourth-order valence-electron chi connectivity index (χ4n) is 4.94. The minimum absolute atomic E-state index is 0.134. The standard InChI is InChI=1S/C27H23N3/c1-2-30-17-23(20-11-5-8-14-26(20)30)27(21-15-28-24-12-6-3-9-18(21)24)22-16-29-25-13-7-4-10-19(22)25/h3-17,27-29H,2H2,1H3. The van der Waals surface area contributed by atoms with E-state index in [1.807, 2.05) is 0 Å². The summed E-state index contributed by atoms with van der Waals surface area (Å²) >= 11 is 0. The Morgan fingerprint density at radius 3 is 1.80 bits per heavy atom. The van der Waals surface area contributed by atoms with Crippen molar-refractivity contribution in [1.82, 2.24) is 14.5 Å². The molecule has 0 aliphatic rings. The second-order valence-electron chi connectivity index (χ2n) is 7.90. The second kappa shape index (κ2) is 6.67. The van der Waals surface area contributed by atoms with E-state index >= 15 is 0 Å². The molecule has 0 bridgehead atoms. The van der Waals surface area contributed by atoms with Gasteiger partial charge in [-0.05, 0) is 41.8 Å². The van der Waals surface area contributed by atoms with Gasteiger partial charge in [0.05, 0.1) is 0 Å². The molecule has 2 N–H and O–H groups in total. The lowest BCUT2D eigenvalue weighted by atomic mass is 9.84. The van der Waals surface area contributed by atoms with Crippen molar-refractivity contribution in [2.75, 3.05) is 0 Å². The lowest BCUT2D eigenvalue weighted by Gasteiger charge is -2.16. The number of H-pyrrole nitrogens is 2. The molecule has 0 fully saturated rings. The van der Waals surface area contributed by atoms with Crippen molar-refractivity contribution >= 4 is 32.7 Å². The van der Waals surface area contributed by atoms with Crippen LogP contribution in [0.4, 0.5) is 0 Å². The molecule has 146 valence electrons. The Bertz CT molecular complexity index is 1420. The summed E-state index contributed by atoms with van der Waals surface area (Å²) in [5, 5.41) is 3.88. The van der Waals surface area contributed by atoms with E-state index in [1.165, 1.54) is 49.4 Å². The normalized spacial score (nSPS) is 11.9. The predicted octanol–water partition coefficient (Wildman–Crippen LogP) is 6.80. The predicted molar refractivity (Wildman–Crippen MR) is 125 cm³/mol. The number of hydrogen-bond acceptors (Lipinski definition) is 0. The van der Waals surface area contributed by atoms with Crippen molar-refractivity contribution in [3.63, 3.8) is 0 Å². The van der Waals surface area contributed by atoms with Crippen LogP contribution in [0.2, 0.25) is 0 Å². The van der Waals surface area contributed by atoms with Gasteiger partial charge < -0.3 is 14.5 Å². The molecule has 3 aromatic carbocycles. The number of hydrogen-bond donors (Lipinski definition) is 2. The Morgan fingerprint density at radius 1 is 0.667 bits per heavy atom. The molecule has 0 atom stereocenters. The van der Waals surface area contributed by atoms with Crippen LogP contribution in [0.5, 0.6) is 0 Å². The van der Waals surface area contributed by atoms with Crippen LogP contribution in [0.3, 0.4) is 0 Å². The summed E-state index contributed by atoms with van der Waals surface area (Å²) in [5.41, 5.74) is 7.62. The van der Waals surface area contributed by atoms with Crippen molar-refractivity contribution in [3.05, 3.63) is 108 Å².